The van der Waals surface area contributed by atoms with Crippen LogP contribution in [0, 0.1) is 23.7 Å². The van der Waals surface area contributed by atoms with E-state index in [1.165, 1.54) is 0 Å². The number of carboxylic acids is 2. The predicted molar refractivity (Wildman–Crippen MR) is 93.5 cm³/mol. The SMILES string of the molecule is CCC(CC)CCC(CCC(CC)CC)C(CC(=O)O)C(=O)O. The van der Waals surface area contributed by atoms with Crippen LogP contribution in [0.5, 0.6) is 0 Å². The highest BCUT2D eigenvalue weighted by Gasteiger charge is 2.30. The lowest BCUT2D eigenvalue weighted by Crippen LogP contribution is -2.27. The molecule has 0 bridgehead atoms. The van der Waals surface area contributed by atoms with Crippen molar-refractivity contribution < 1.29 is 19.8 Å². The highest BCUT2D eigenvalue weighted by Crippen LogP contribution is 2.31. The Balaban J connectivity index is 4.92. The van der Waals surface area contributed by atoms with Gasteiger partial charge in [-0.25, -0.2) is 0 Å². The monoisotopic (exact) mass is 328 g/mol. The van der Waals surface area contributed by atoms with E-state index in [0.717, 1.165) is 51.4 Å². The Kier molecular flexibility index (Phi) is 11.8. The molecular weight excluding hydrogens is 292 g/mol. The molecule has 0 saturated carbocycles. The summed E-state index contributed by atoms with van der Waals surface area (Å²) in [6.07, 6.45) is 7.82. The highest BCUT2D eigenvalue weighted by molar-refractivity contribution is 5.77. The van der Waals surface area contributed by atoms with Crippen LogP contribution >= 0.6 is 0 Å². The summed E-state index contributed by atoms with van der Waals surface area (Å²) < 4.78 is 0. The van der Waals surface area contributed by atoms with Crippen LogP contribution in [0.2, 0.25) is 0 Å². The molecule has 4 nitrogen and oxygen atoms in total. The number of hydrogen-bond acceptors (Lipinski definition) is 2. The quantitative estimate of drug-likeness (QED) is 0.459. The van der Waals surface area contributed by atoms with Crippen molar-refractivity contribution in [1.29, 1.82) is 0 Å². The van der Waals surface area contributed by atoms with Crippen molar-refractivity contribution in [3.8, 4) is 0 Å². The second-order valence-electron chi connectivity index (χ2n) is 6.82. The van der Waals surface area contributed by atoms with Crippen molar-refractivity contribution in [2.24, 2.45) is 23.7 Å². The minimum atomic E-state index is -1.01. The normalized spacial score (nSPS) is 13.0. The summed E-state index contributed by atoms with van der Waals surface area (Å²) in [5.41, 5.74) is 0. The van der Waals surface area contributed by atoms with Gasteiger partial charge in [-0.3, -0.25) is 9.59 Å². The minimum absolute atomic E-state index is 0.0233. The van der Waals surface area contributed by atoms with Crippen LogP contribution in [0.25, 0.3) is 0 Å². The van der Waals surface area contributed by atoms with Crippen LogP contribution in [-0.2, 0) is 9.59 Å². The van der Waals surface area contributed by atoms with E-state index in [-0.39, 0.29) is 12.3 Å². The highest BCUT2D eigenvalue weighted by atomic mass is 16.4. The molecular formula is C19H36O4. The van der Waals surface area contributed by atoms with Gasteiger partial charge in [0.05, 0.1) is 12.3 Å². The number of hydrogen-bond donors (Lipinski definition) is 2. The molecule has 0 aliphatic heterocycles. The van der Waals surface area contributed by atoms with Gasteiger partial charge in [0.1, 0.15) is 0 Å². The first-order chi connectivity index (χ1) is 10.9. The minimum Gasteiger partial charge on any atom is -0.481 e. The zero-order valence-electron chi connectivity index (χ0n) is 15.4. The second-order valence-corrected chi connectivity index (χ2v) is 6.82. The summed E-state index contributed by atoms with van der Waals surface area (Å²) in [6, 6.07) is 0. The van der Waals surface area contributed by atoms with Gasteiger partial charge in [0, 0.05) is 0 Å². The van der Waals surface area contributed by atoms with Crippen molar-refractivity contribution in [2.45, 2.75) is 85.5 Å². The number of carboxylic acid groups (broad SMARTS) is 2. The Bertz CT molecular complexity index is 316. The predicted octanol–water partition coefficient (Wildman–Crippen LogP) is 5.21. The van der Waals surface area contributed by atoms with Gasteiger partial charge >= 0.3 is 11.9 Å². The van der Waals surface area contributed by atoms with Crippen molar-refractivity contribution in [2.75, 3.05) is 0 Å². The van der Waals surface area contributed by atoms with E-state index < -0.39 is 17.9 Å². The molecule has 2 N–H and O–H groups in total. The van der Waals surface area contributed by atoms with E-state index in [2.05, 4.69) is 27.7 Å². The molecule has 0 radical (unpaired) electrons. The van der Waals surface area contributed by atoms with Gasteiger partial charge in [0.25, 0.3) is 0 Å². The van der Waals surface area contributed by atoms with Crippen molar-refractivity contribution in [3.63, 3.8) is 0 Å². The van der Waals surface area contributed by atoms with Gasteiger partial charge in [0.15, 0.2) is 0 Å². The summed E-state index contributed by atoms with van der Waals surface area (Å²) in [5.74, 6) is -1.50. The smallest absolute Gasteiger partial charge is 0.307 e. The summed E-state index contributed by atoms with van der Waals surface area (Å²) >= 11 is 0. The third-order valence-corrected chi connectivity index (χ3v) is 5.48. The lowest BCUT2D eigenvalue weighted by atomic mass is 9.78. The molecule has 0 aliphatic carbocycles. The topological polar surface area (TPSA) is 74.6 Å². The van der Waals surface area contributed by atoms with E-state index in [1.54, 1.807) is 0 Å². The summed E-state index contributed by atoms with van der Waals surface area (Å²) in [7, 11) is 0. The molecule has 0 aromatic carbocycles. The van der Waals surface area contributed by atoms with Crippen LogP contribution in [0.15, 0.2) is 0 Å². The van der Waals surface area contributed by atoms with Crippen molar-refractivity contribution >= 4 is 11.9 Å². The molecule has 4 heteroatoms. The van der Waals surface area contributed by atoms with E-state index in [1.807, 2.05) is 0 Å². The van der Waals surface area contributed by atoms with Gasteiger partial charge < -0.3 is 10.2 Å². The van der Waals surface area contributed by atoms with Gasteiger partial charge in [-0.1, -0.05) is 66.2 Å². The average molecular weight is 328 g/mol. The molecule has 0 aliphatic rings. The molecule has 23 heavy (non-hydrogen) atoms. The van der Waals surface area contributed by atoms with Crippen LogP contribution in [0.1, 0.15) is 85.5 Å². The standard InChI is InChI=1S/C19H36O4/c1-5-14(6-2)9-11-16(12-10-15(7-3)8-4)17(19(22)23)13-18(20)21/h14-17H,5-13H2,1-4H3,(H,20,21)(H,22,23). The zero-order chi connectivity index (χ0) is 17.8. The van der Waals surface area contributed by atoms with E-state index >= 15 is 0 Å². The molecule has 0 heterocycles. The molecule has 0 saturated heterocycles. The van der Waals surface area contributed by atoms with Crippen LogP contribution in [0.4, 0.5) is 0 Å². The summed E-state index contributed by atoms with van der Waals surface area (Å²) in [6.45, 7) is 8.66. The molecule has 0 aromatic rings. The first-order valence-corrected chi connectivity index (χ1v) is 9.33. The summed E-state index contributed by atoms with van der Waals surface area (Å²) in [5, 5.41) is 18.5. The van der Waals surface area contributed by atoms with Gasteiger partial charge in [-0.05, 0) is 30.6 Å². The Labute approximate surface area is 141 Å². The third kappa shape index (κ3) is 8.97. The lowest BCUT2D eigenvalue weighted by Gasteiger charge is -2.26. The fourth-order valence-electron chi connectivity index (χ4n) is 3.48. The molecule has 0 spiro atoms. The number of aliphatic carboxylic acids is 2. The van der Waals surface area contributed by atoms with Crippen LogP contribution in [0.3, 0.4) is 0 Å². The van der Waals surface area contributed by atoms with Crippen LogP contribution in [-0.4, -0.2) is 22.2 Å². The van der Waals surface area contributed by atoms with Gasteiger partial charge in [-0.15, -0.1) is 0 Å². The molecule has 0 amide bonds. The molecule has 0 aromatic heterocycles. The van der Waals surface area contributed by atoms with Crippen LogP contribution < -0.4 is 0 Å². The molecule has 0 fully saturated rings. The molecule has 136 valence electrons. The largest absolute Gasteiger partial charge is 0.481 e. The average Bonchev–Trinajstić information content (AvgIpc) is 2.52. The Morgan fingerprint density at radius 1 is 0.739 bits per heavy atom. The number of rotatable bonds is 14. The zero-order valence-corrected chi connectivity index (χ0v) is 15.4. The Morgan fingerprint density at radius 3 is 1.39 bits per heavy atom. The second kappa shape index (κ2) is 12.4. The molecule has 0 rings (SSSR count). The Hall–Kier alpha value is -1.06. The van der Waals surface area contributed by atoms with E-state index in [0.29, 0.717) is 11.8 Å². The van der Waals surface area contributed by atoms with E-state index in [4.69, 9.17) is 5.11 Å². The van der Waals surface area contributed by atoms with Gasteiger partial charge in [-0.2, -0.15) is 0 Å². The van der Waals surface area contributed by atoms with Crippen molar-refractivity contribution in [1.82, 2.24) is 0 Å². The Morgan fingerprint density at radius 2 is 1.13 bits per heavy atom. The first kappa shape index (κ1) is 21.9. The van der Waals surface area contributed by atoms with Gasteiger partial charge in [0.2, 0.25) is 0 Å². The maximum Gasteiger partial charge on any atom is 0.307 e. The fourth-order valence-corrected chi connectivity index (χ4v) is 3.48. The fraction of sp³-hybridized carbons (Fsp3) is 0.895. The molecule has 1 unspecified atom stereocenters. The third-order valence-electron chi connectivity index (χ3n) is 5.48. The maximum absolute atomic E-state index is 11.6. The van der Waals surface area contributed by atoms with Crippen molar-refractivity contribution in [3.05, 3.63) is 0 Å². The maximum atomic E-state index is 11.6. The lowest BCUT2D eigenvalue weighted by molar-refractivity contribution is -0.150. The van der Waals surface area contributed by atoms with E-state index in [9.17, 15) is 14.7 Å². The molecule has 1 atom stereocenters. The number of carbonyl (C=O) groups is 2. The first-order valence-electron chi connectivity index (χ1n) is 9.33. The summed E-state index contributed by atoms with van der Waals surface area (Å²) in [4.78, 5) is 22.6.